The van der Waals surface area contributed by atoms with Gasteiger partial charge in [0.2, 0.25) is 10.0 Å². The van der Waals surface area contributed by atoms with Crippen LogP contribution in [0.3, 0.4) is 0 Å². The van der Waals surface area contributed by atoms with Crippen molar-refractivity contribution in [1.29, 1.82) is 0 Å². The SMILES string of the molecule is CS(=O)(=O)Nc1cc(-c2ccncc2)cc(-c2cccc3[nH]ccc23)c1. The van der Waals surface area contributed by atoms with E-state index in [1.54, 1.807) is 12.4 Å². The number of nitrogens with zero attached hydrogens (tertiary/aromatic N) is 1. The van der Waals surface area contributed by atoms with E-state index < -0.39 is 10.0 Å². The van der Waals surface area contributed by atoms with Gasteiger partial charge in [-0.15, -0.1) is 0 Å². The molecule has 0 aliphatic rings. The molecule has 0 radical (unpaired) electrons. The van der Waals surface area contributed by atoms with E-state index in [9.17, 15) is 8.42 Å². The molecule has 0 aliphatic heterocycles. The first-order valence-electron chi connectivity index (χ1n) is 8.09. The summed E-state index contributed by atoms with van der Waals surface area (Å²) in [4.78, 5) is 7.26. The van der Waals surface area contributed by atoms with Gasteiger partial charge in [-0.25, -0.2) is 8.42 Å². The van der Waals surface area contributed by atoms with Crippen LogP contribution >= 0.6 is 0 Å². The summed E-state index contributed by atoms with van der Waals surface area (Å²) in [7, 11) is -3.38. The topological polar surface area (TPSA) is 74.8 Å². The predicted octanol–water partition coefficient (Wildman–Crippen LogP) is 4.27. The number of rotatable bonds is 4. The lowest BCUT2D eigenvalue weighted by Gasteiger charge is -2.12. The van der Waals surface area contributed by atoms with E-state index in [1.165, 1.54) is 0 Å². The van der Waals surface area contributed by atoms with Gasteiger partial charge >= 0.3 is 0 Å². The van der Waals surface area contributed by atoms with Gasteiger partial charge in [0.25, 0.3) is 0 Å². The number of hydrogen-bond acceptors (Lipinski definition) is 3. The monoisotopic (exact) mass is 363 g/mol. The van der Waals surface area contributed by atoms with Crippen LogP contribution in [0.5, 0.6) is 0 Å². The van der Waals surface area contributed by atoms with Crippen molar-refractivity contribution >= 4 is 26.6 Å². The molecule has 0 saturated heterocycles. The number of benzene rings is 2. The zero-order valence-electron chi connectivity index (χ0n) is 14.1. The quantitative estimate of drug-likeness (QED) is 0.569. The average Bonchev–Trinajstić information content (AvgIpc) is 3.09. The summed E-state index contributed by atoms with van der Waals surface area (Å²) in [6, 6.07) is 17.6. The van der Waals surface area contributed by atoms with Gasteiger partial charge in [0, 0.05) is 35.2 Å². The second kappa shape index (κ2) is 6.31. The van der Waals surface area contributed by atoms with Gasteiger partial charge in [-0.3, -0.25) is 9.71 Å². The van der Waals surface area contributed by atoms with Crippen LogP contribution in [0.15, 0.2) is 73.2 Å². The normalized spacial score (nSPS) is 11.6. The van der Waals surface area contributed by atoms with Gasteiger partial charge < -0.3 is 4.98 Å². The first-order valence-corrected chi connectivity index (χ1v) is 9.98. The maximum Gasteiger partial charge on any atom is 0.229 e. The van der Waals surface area contributed by atoms with Crippen LogP contribution in [0.25, 0.3) is 33.2 Å². The number of H-pyrrole nitrogens is 1. The van der Waals surface area contributed by atoms with Gasteiger partial charge in [-0.2, -0.15) is 0 Å². The number of anilines is 1. The van der Waals surface area contributed by atoms with E-state index in [1.807, 2.05) is 54.7 Å². The van der Waals surface area contributed by atoms with Crippen molar-refractivity contribution < 1.29 is 8.42 Å². The summed E-state index contributed by atoms with van der Waals surface area (Å²) in [6.07, 6.45) is 6.49. The number of pyridine rings is 1. The first-order chi connectivity index (χ1) is 12.5. The largest absolute Gasteiger partial charge is 0.361 e. The molecule has 4 aromatic rings. The van der Waals surface area contributed by atoms with E-state index in [0.717, 1.165) is 39.4 Å². The Hall–Kier alpha value is -3.12. The molecule has 0 spiro atoms. The van der Waals surface area contributed by atoms with Crippen LogP contribution in [0.4, 0.5) is 5.69 Å². The lowest BCUT2D eigenvalue weighted by Crippen LogP contribution is -2.09. The van der Waals surface area contributed by atoms with E-state index in [0.29, 0.717) is 5.69 Å². The third-order valence-electron chi connectivity index (χ3n) is 4.16. The van der Waals surface area contributed by atoms with Crippen LogP contribution in [0.1, 0.15) is 0 Å². The fourth-order valence-electron chi connectivity index (χ4n) is 3.10. The summed E-state index contributed by atoms with van der Waals surface area (Å²) in [5, 5.41) is 1.09. The van der Waals surface area contributed by atoms with E-state index in [4.69, 9.17) is 0 Å². The molecule has 2 heterocycles. The fourth-order valence-corrected chi connectivity index (χ4v) is 3.65. The lowest BCUT2D eigenvalue weighted by atomic mass is 9.96. The maximum absolute atomic E-state index is 11.7. The van der Waals surface area contributed by atoms with Gasteiger partial charge in [-0.1, -0.05) is 12.1 Å². The summed E-state index contributed by atoms with van der Waals surface area (Å²) >= 11 is 0. The Morgan fingerprint density at radius 1 is 0.923 bits per heavy atom. The molecule has 0 aliphatic carbocycles. The minimum Gasteiger partial charge on any atom is -0.361 e. The Bertz CT molecular complexity index is 1180. The molecule has 0 fully saturated rings. The second-order valence-electron chi connectivity index (χ2n) is 6.15. The van der Waals surface area contributed by atoms with Gasteiger partial charge in [0.05, 0.1) is 6.26 Å². The van der Waals surface area contributed by atoms with Crippen LogP contribution in [-0.2, 0) is 10.0 Å². The average molecular weight is 363 g/mol. The van der Waals surface area contributed by atoms with Crippen molar-refractivity contribution in [1.82, 2.24) is 9.97 Å². The smallest absolute Gasteiger partial charge is 0.229 e. The Morgan fingerprint density at radius 2 is 1.69 bits per heavy atom. The van der Waals surface area contributed by atoms with Crippen LogP contribution in [0, 0.1) is 0 Å². The summed E-state index contributed by atoms with van der Waals surface area (Å²) in [5.41, 5.74) is 5.44. The fraction of sp³-hybridized carbons (Fsp3) is 0.0500. The molecule has 26 heavy (non-hydrogen) atoms. The van der Waals surface area contributed by atoms with Crippen molar-refractivity contribution in [3.8, 4) is 22.3 Å². The molecule has 2 N–H and O–H groups in total. The highest BCUT2D eigenvalue weighted by Crippen LogP contribution is 2.34. The second-order valence-corrected chi connectivity index (χ2v) is 7.90. The maximum atomic E-state index is 11.7. The number of nitrogens with one attached hydrogen (secondary N) is 2. The van der Waals surface area contributed by atoms with E-state index >= 15 is 0 Å². The molecule has 0 amide bonds. The minimum atomic E-state index is -3.38. The third kappa shape index (κ3) is 3.32. The molecule has 0 unspecified atom stereocenters. The van der Waals surface area contributed by atoms with Crippen molar-refractivity contribution in [2.45, 2.75) is 0 Å². The molecule has 5 nitrogen and oxygen atoms in total. The van der Waals surface area contributed by atoms with Gasteiger partial charge in [0.1, 0.15) is 0 Å². The third-order valence-corrected chi connectivity index (χ3v) is 4.76. The lowest BCUT2D eigenvalue weighted by molar-refractivity contribution is 0.607. The van der Waals surface area contributed by atoms with Crippen LogP contribution < -0.4 is 4.72 Å². The van der Waals surface area contributed by atoms with Crippen molar-refractivity contribution in [2.75, 3.05) is 11.0 Å². The number of sulfonamides is 1. The summed E-state index contributed by atoms with van der Waals surface area (Å²) in [6.45, 7) is 0. The highest BCUT2D eigenvalue weighted by molar-refractivity contribution is 7.92. The zero-order valence-corrected chi connectivity index (χ0v) is 14.9. The van der Waals surface area contributed by atoms with Gasteiger partial charge in [-0.05, 0) is 64.7 Å². The summed E-state index contributed by atoms with van der Waals surface area (Å²) < 4.78 is 26.1. The number of hydrogen-bond donors (Lipinski definition) is 2. The molecule has 0 atom stereocenters. The predicted molar refractivity (Wildman–Crippen MR) is 105 cm³/mol. The van der Waals surface area contributed by atoms with Gasteiger partial charge in [0.15, 0.2) is 0 Å². The molecule has 130 valence electrons. The van der Waals surface area contributed by atoms with Crippen LogP contribution in [-0.4, -0.2) is 24.6 Å². The van der Waals surface area contributed by atoms with E-state index in [-0.39, 0.29) is 0 Å². The Labute approximate surface area is 151 Å². The number of aromatic amines is 1. The summed E-state index contributed by atoms with van der Waals surface area (Å²) in [5.74, 6) is 0. The highest BCUT2D eigenvalue weighted by Gasteiger charge is 2.11. The first kappa shape index (κ1) is 16.4. The molecular formula is C20H17N3O2S. The van der Waals surface area contributed by atoms with Crippen molar-refractivity contribution in [3.05, 3.63) is 73.2 Å². The Balaban J connectivity index is 1.94. The van der Waals surface area contributed by atoms with E-state index in [2.05, 4.69) is 20.8 Å². The Kier molecular flexibility index (Phi) is 3.97. The molecule has 4 rings (SSSR count). The number of fused-ring (bicyclic) bond motifs is 1. The molecular weight excluding hydrogens is 346 g/mol. The number of aromatic nitrogens is 2. The molecule has 2 aromatic carbocycles. The minimum absolute atomic E-state index is 0.532. The van der Waals surface area contributed by atoms with Crippen molar-refractivity contribution in [3.63, 3.8) is 0 Å². The Morgan fingerprint density at radius 3 is 2.46 bits per heavy atom. The van der Waals surface area contributed by atoms with Crippen molar-refractivity contribution in [2.24, 2.45) is 0 Å². The molecule has 2 aromatic heterocycles. The standard InChI is InChI=1S/C20H17N3O2S/c1-26(24,25)23-17-12-15(14-5-8-21-9-6-14)11-16(13-17)18-3-2-4-20-19(18)7-10-22-20/h2-13,22-23H,1H3. The molecule has 6 heteroatoms. The zero-order chi connectivity index (χ0) is 18.1. The molecule has 0 saturated carbocycles. The molecule has 0 bridgehead atoms. The van der Waals surface area contributed by atoms with Crippen LogP contribution in [0.2, 0.25) is 0 Å². The highest BCUT2D eigenvalue weighted by atomic mass is 32.2.